The summed E-state index contributed by atoms with van der Waals surface area (Å²) in [5.74, 6) is -4.54. The van der Waals surface area contributed by atoms with Crippen molar-refractivity contribution in [2.75, 3.05) is 0 Å². The van der Waals surface area contributed by atoms with Crippen LogP contribution in [0.25, 0.3) is 0 Å². The predicted molar refractivity (Wildman–Crippen MR) is 99.6 cm³/mol. The summed E-state index contributed by atoms with van der Waals surface area (Å²) in [5.41, 5.74) is 17.5. The molecule has 0 aliphatic carbocycles. The van der Waals surface area contributed by atoms with Gasteiger partial charge in [-0.25, -0.2) is 4.79 Å². The van der Waals surface area contributed by atoms with E-state index in [1.165, 1.54) is 4.90 Å². The van der Waals surface area contributed by atoms with Crippen LogP contribution in [0.1, 0.15) is 24.0 Å². The molecule has 1 heterocycles. The summed E-state index contributed by atoms with van der Waals surface area (Å²) < 4.78 is 0. The average molecular weight is 405 g/mol. The van der Waals surface area contributed by atoms with Crippen LogP contribution in [0.2, 0.25) is 0 Å². The van der Waals surface area contributed by atoms with Gasteiger partial charge in [-0.1, -0.05) is 24.3 Å². The third-order valence-corrected chi connectivity index (χ3v) is 4.59. The van der Waals surface area contributed by atoms with Gasteiger partial charge in [-0.2, -0.15) is 0 Å². The number of primary amides is 2. The lowest BCUT2D eigenvalue weighted by Gasteiger charge is -2.37. The Bertz CT molecular complexity index is 842. The monoisotopic (exact) mass is 405 g/mol. The highest BCUT2D eigenvalue weighted by atomic mass is 16.4. The Balaban J connectivity index is 2.30. The molecule has 29 heavy (non-hydrogen) atoms. The van der Waals surface area contributed by atoms with Crippen LogP contribution in [0, 0.1) is 0 Å². The Morgan fingerprint density at radius 2 is 1.66 bits per heavy atom. The van der Waals surface area contributed by atoms with E-state index in [0.717, 1.165) is 11.1 Å². The molecule has 0 saturated carbocycles. The maximum atomic E-state index is 12.8. The first-order valence-corrected chi connectivity index (χ1v) is 8.82. The maximum Gasteiger partial charge on any atom is 0.326 e. The summed E-state index contributed by atoms with van der Waals surface area (Å²) >= 11 is 0. The number of carbonyl (C=O) groups excluding carboxylic acids is 4. The largest absolute Gasteiger partial charge is 0.480 e. The van der Waals surface area contributed by atoms with Crippen molar-refractivity contribution < 1.29 is 29.1 Å². The van der Waals surface area contributed by atoms with Gasteiger partial charge in [0.05, 0.1) is 18.9 Å². The van der Waals surface area contributed by atoms with Gasteiger partial charge in [0.25, 0.3) is 0 Å². The van der Waals surface area contributed by atoms with Gasteiger partial charge in [0.1, 0.15) is 12.1 Å². The van der Waals surface area contributed by atoms with Crippen molar-refractivity contribution in [3.63, 3.8) is 0 Å². The highest BCUT2D eigenvalue weighted by Gasteiger charge is 2.38. The number of nitrogens with one attached hydrogen (secondary N) is 1. The van der Waals surface area contributed by atoms with E-state index in [4.69, 9.17) is 17.2 Å². The van der Waals surface area contributed by atoms with E-state index in [0.29, 0.717) is 0 Å². The van der Waals surface area contributed by atoms with Crippen LogP contribution in [-0.2, 0) is 36.9 Å². The number of carboxylic acid groups (broad SMARTS) is 1. The van der Waals surface area contributed by atoms with Crippen LogP contribution < -0.4 is 22.5 Å². The number of benzene rings is 1. The average Bonchev–Trinajstić information content (AvgIpc) is 2.64. The van der Waals surface area contributed by atoms with E-state index in [1.807, 2.05) is 0 Å². The third-order valence-electron chi connectivity index (χ3n) is 4.59. The second-order valence-electron chi connectivity index (χ2n) is 6.80. The Kier molecular flexibility index (Phi) is 6.89. The van der Waals surface area contributed by atoms with Crippen molar-refractivity contribution in [2.24, 2.45) is 17.2 Å². The lowest BCUT2D eigenvalue weighted by Crippen LogP contribution is -2.58. The second kappa shape index (κ2) is 9.15. The minimum Gasteiger partial charge on any atom is -0.480 e. The number of aliphatic carboxylic acids is 1. The predicted octanol–water partition coefficient (Wildman–Crippen LogP) is -2.41. The summed E-state index contributed by atoms with van der Waals surface area (Å²) in [5, 5.41) is 11.5. The van der Waals surface area contributed by atoms with Crippen LogP contribution in [-0.4, -0.2) is 57.7 Å². The Hall–Kier alpha value is -3.47. The number of amides is 4. The lowest BCUT2D eigenvalue weighted by molar-refractivity contribution is -0.147. The lowest BCUT2D eigenvalue weighted by atomic mass is 9.92. The van der Waals surface area contributed by atoms with Crippen LogP contribution >= 0.6 is 0 Å². The molecule has 8 N–H and O–H groups in total. The molecule has 0 spiro atoms. The fourth-order valence-electron chi connectivity index (χ4n) is 3.18. The minimum absolute atomic E-state index is 0.0487. The Morgan fingerprint density at radius 3 is 2.21 bits per heavy atom. The topological polar surface area (TPSA) is 199 Å². The molecule has 0 radical (unpaired) electrons. The van der Waals surface area contributed by atoms with Crippen LogP contribution in [0.4, 0.5) is 0 Å². The Morgan fingerprint density at radius 1 is 1.07 bits per heavy atom. The molecule has 3 atom stereocenters. The van der Waals surface area contributed by atoms with Crippen molar-refractivity contribution in [1.29, 1.82) is 0 Å². The number of nitrogens with two attached hydrogens (primary N) is 3. The number of fused-ring (bicyclic) bond motifs is 1. The molecule has 0 unspecified atom stereocenters. The molecule has 2 rings (SSSR count). The SMILES string of the molecule is NC(=O)C[C@H](NC(=O)[C@@H]1Cc2ccccc2CN1C(=O)[C@@H](N)CC(N)=O)C(=O)O. The van der Waals surface area contributed by atoms with Gasteiger partial charge in [-0.05, 0) is 11.1 Å². The molecule has 156 valence electrons. The zero-order valence-corrected chi connectivity index (χ0v) is 15.5. The quantitative estimate of drug-likeness (QED) is 0.317. The van der Waals surface area contributed by atoms with Crippen molar-refractivity contribution in [1.82, 2.24) is 10.2 Å². The van der Waals surface area contributed by atoms with Gasteiger partial charge in [0, 0.05) is 13.0 Å². The highest BCUT2D eigenvalue weighted by Crippen LogP contribution is 2.24. The van der Waals surface area contributed by atoms with E-state index < -0.39 is 60.6 Å². The molecule has 1 aromatic rings. The van der Waals surface area contributed by atoms with Crippen LogP contribution in [0.15, 0.2) is 24.3 Å². The van der Waals surface area contributed by atoms with Gasteiger partial charge in [-0.15, -0.1) is 0 Å². The molecule has 1 aliphatic heterocycles. The van der Waals surface area contributed by atoms with Crippen molar-refractivity contribution >= 4 is 29.6 Å². The maximum absolute atomic E-state index is 12.8. The zero-order chi connectivity index (χ0) is 21.7. The van der Waals surface area contributed by atoms with Crippen molar-refractivity contribution in [3.05, 3.63) is 35.4 Å². The summed E-state index contributed by atoms with van der Waals surface area (Å²) in [6, 6.07) is 3.28. The van der Waals surface area contributed by atoms with E-state index in [9.17, 15) is 29.1 Å². The number of nitrogens with zero attached hydrogens (tertiary/aromatic N) is 1. The van der Waals surface area contributed by atoms with Gasteiger partial charge in [0.15, 0.2) is 0 Å². The second-order valence-corrected chi connectivity index (χ2v) is 6.80. The first kappa shape index (κ1) is 21.8. The van der Waals surface area contributed by atoms with Crippen LogP contribution in [0.3, 0.4) is 0 Å². The molecule has 1 aromatic carbocycles. The van der Waals surface area contributed by atoms with Crippen molar-refractivity contribution in [3.8, 4) is 0 Å². The van der Waals surface area contributed by atoms with Crippen molar-refractivity contribution in [2.45, 2.75) is 43.9 Å². The number of rotatable bonds is 8. The van der Waals surface area contributed by atoms with Crippen LogP contribution in [0.5, 0.6) is 0 Å². The fourth-order valence-corrected chi connectivity index (χ4v) is 3.18. The summed E-state index contributed by atoms with van der Waals surface area (Å²) in [6.45, 7) is 0.0487. The molecule has 0 bridgehead atoms. The molecular weight excluding hydrogens is 382 g/mol. The fraction of sp³-hybridized carbons (Fsp3) is 0.389. The molecule has 4 amide bonds. The molecule has 0 aromatic heterocycles. The van der Waals surface area contributed by atoms with Gasteiger partial charge >= 0.3 is 5.97 Å². The van der Waals surface area contributed by atoms with Gasteiger partial charge in [0.2, 0.25) is 23.6 Å². The summed E-state index contributed by atoms with van der Waals surface area (Å²) in [4.78, 5) is 60.3. The molecule has 11 heteroatoms. The first-order chi connectivity index (χ1) is 13.6. The number of hydrogen-bond donors (Lipinski definition) is 5. The zero-order valence-electron chi connectivity index (χ0n) is 15.5. The standard InChI is InChI=1S/C18H23N5O6/c19-11(6-14(20)24)17(27)23-8-10-4-2-1-3-9(10)5-13(23)16(26)22-12(18(28)29)7-15(21)25/h1-4,11-13H,5-8,19H2,(H2,20,24)(H2,21,25)(H,22,26)(H,28,29)/t11-,12-,13-/m0/s1. The summed E-state index contributed by atoms with van der Waals surface area (Å²) in [7, 11) is 0. The molecule has 0 saturated heterocycles. The van der Waals surface area contributed by atoms with E-state index in [1.54, 1.807) is 24.3 Å². The molecule has 0 fully saturated rings. The molecule has 11 nitrogen and oxygen atoms in total. The normalized spacial score (nSPS) is 17.6. The molecular formula is C18H23N5O6. The highest BCUT2D eigenvalue weighted by molar-refractivity contribution is 5.94. The number of carbonyl (C=O) groups is 5. The van der Waals surface area contributed by atoms with E-state index >= 15 is 0 Å². The smallest absolute Gasteiger partial charge is 0.326 e. The summed E-state index contributed by atoms with van der Waals surface area (Å²) in [6.07, 6.45) is -0.885. The third kappa shape index (κ3) is 5.51. The van der Waals surface area contributed by atoms with E-state index in [2.05, 4.69) is 5.32 Å². The number of hydrogen-bond acceptors (Lipinski definition) is 6. The minimum atomic E-state index is -1.53. The van der Waals surface area contributed by atoms with Gasteiger partial charge in [-0.3, -0.25) is 19.2 Å². The Labute approximate surface area is 166 Å². The van der Waals surface area contributed by atoms with Gasteiger partial charge < -0.3 is 32.5 Å². The van der Waals surface area contributed by atoms with E-state index in [-0.39, 0.29) is 13.0 Å². The first-order valence-electron chi connectivity index (χ1n) is 8.82. The number of carboxylic acids is 1. The molecule has 1 aliphatic rings.